The molecule has 2 atom stereocenters. The lowest BCUT2D eigenvalue weighted by molar-refractivity contribution is -0.137. The number of benzene rings is 2. The van der Waals surface area contributed by atoms with Crippen LogP contribution >= 0.6 is 0 Å². The zero-order valence-electron chi connectivity index (χ0n) is 16.3. The topological polar surface area (TPSA) is 22.1 Å². The van der Waals surface area contributed by atoms with Crippen molar-refractivity contribution in [3.63, 3.8) is 0 Å². The highest BCUT2D eigenvalue weighted by atomic mass is 19.4. The number of para-hydroxylation sites is 1. The number of aryl methyl sites for hydroxylation is 1. The van der Waals surface area contributed by atoms with Crippen LogP contribution in [0.15, 0.2) is 54.7 Å². The van der Waals surface area contributed by atoms with Crippen molar-refractivity contribution < 1.29 is 17.9 Å². The summed E-state index contributed by atoms with van der Waals surface area (Å²) < 4.78 is 43.1. The van der Waals surface area contributed by atoms with E-state index in [0.717, 1.165) is 52.3 Å². The van der Waals surface area contributed by atoms with E-state index in [-0.39, 0.29) is 0 Å². The van der Waals surface area contributed by atoms with E-state index in [1.54, 1.807) is 6.20 Å². The van der Waals surface area contributed by atoms with E-state index in [2.05, 4.69) is 18.8 Å². The third-order valence-electron chi connectivity index (χ3n) is 5.32. The van der Waals surface area contributed by atoms with Gasteiger partial charge in [0, 0.05) is 23.8 Å². The monoisotopic (exact) mass is 387 g/mol. The van der Waals surface area contributed by atoms with Crippen LogP contribution < -0.4 is 0 Å². The molecule has 1 saturated heterocycles. The Labute approximate surface area is 163 Å². The van der Waals surface area contributed by atoms with Gasteiger partial charge in [0.15, 0.2) is 0 Å². The minimum atomic E-state index is -4.31. The number of hydrogen-bond donors (Lipinski definition) is 0. The molecule has 1 aliphatic heterocycles. The average molecular weight is 387 g/mol. The van der Waals surface area contributed by atoms with E-state index < -0.39 is 11.7 Å². The standard InChI is InChI=1S/C17H12F3N.C6H12O/c1-11-14-4-2-3-5-16(14)21-10-15(11)12-6-8-13(9-7-12)17(18,19)20;1-5-3-4-7-6(5)2/h2-10H,1H3;5-6H,3-4H2,1-2H3. The Morgan fingerprint density at radius 3 is 2.21 bits per heavy atom. The van der Waals surface area contributed by atoms with Gasteiger partial charge in [0.2, 0.25) is 0 Å². The molecule has 4 rings (SSSR count). The fourth-order valence-corrected chi connectivity index (χ4v) is 3.25. The van der Waals surface area contributed by atoms with Crippen LogP contribution in [-0.4, -0.2) is 17.7 Å². The molecule has 0 saturated carbocycles. The summed E-state index contributed by atoms with van der Waals surface area (Å²) in [6.45, 7) is 7.30. The van der Waals surface area contributed by atoms with E-state index in [0.29, 0.717) is 6.10 Å². The predicted octanol–water partition coefficient (Wildman–Crippen LogP) is 6.66. The van der Waals surface area contributed by atoms with Crippen molar-refractivity contribution in [2.45, 2.75) is 39.5 Å². The van der Waals surface area contributed by atoms with Crippen molar-refractivity contribution in [1.82, 2.24) is 4.98 Å². The first-order valence-corrected chi connectivity index (χ1v) is 9.41. The number of pyridine rings is 1. The van der Waals surface area contributed by atoms with Gasteiger partial charge in [-0.25, -0.2) is 0 Å². The Balaban J connectivity index is 0.000000271. The first-order valence-electron chi connectivity index (χ1n) is 9.41. The van der Waals surface area contributed by atoms with Gasteiger partial charge in [0.05, 0.1) is 17.2 Å². The van der Waals surface area contributed by atoms with Crippen molar-refractivity contribution in [1.29, 1.82) is 0 Å². The lowest BCUT2D eigenvalue weighted by atomic mass is 9.98. The molecule has 1 fully saturated rings. The number of rotatable bonds is 1. The average Bonchev–Trinajstić information content (AvgIpc) is 3.05. The highest BCUT2D eigenvalue weighted by Gasteiger charge is 2.30. The molecule has 0 aliphatic carbocycles. The Morgan fingerprint density at radius 1 is 1.00 bits per heavy atom. The maximum absolute atomic E-state index is 12.6. The molecular weight excluding hydrogens is 363 g/mol. The van der Waals surface area contributed by atoms with Gasteiger partial charge in [-0.2, -0.15) is 13.2 Å². The zero-order valence-corrected chi connectivity index (χ0v) is 16.3. The molecule has 2 heterocycles. The molecule has 2 aromatic carbocycles. The van der Waals surface area contributed by atoms with Gasteiger partial charge in [-0.15, -0.1) is 0 Å². The lowest BCUT2D eigenvalue weighted by Gasteiger charge is -2.11. The summed E-state index contributed by atoms with van der Waals surface area (Å²) in [5.41, 5.74) is 2.84. The van der Waals surface area contributed by atoms with Crippen molar-refractivity contribution in [2.75, 3.05) is 6.61 Å². The predicted molar refractivity (Wildman–Crippen MR) is 106 cm³/mol. The van der Waals surface area contributed by atoms with Gasteiger partial charge in [0.25, 0.3) is 0 Å². The van der Waals surface area contributed by atoms with E-state index in [1.165, 1.54) is 18.6 Å². The summed E-state index contributed by atoms with van der Waals surface area (Å²) in [6, 6.07) is 12.9. The summed E-state index contributed by atoms with van der Waals surface area (Å²) in [7, 11) is 0. The third kappa shape index (κ3) is 4.53. The van der Waals surface area contributed by atoms with Gasteiger partial charge in [0.1, 0.15) is 0 Å². The van der Waals surface area contributed by atoms with E-state index >= 15 is 0 Å². The molecule has 148 valence electrons. The van der Waals surface area contributed by atoms with Gasteiger partial charge in [-0.1, -0.05) is 37.3 Å². The number of halogens is 3. The second-order valence-corrected chi connectivity index (χ2v) is 7.23. The molecule has 3 aromatic rings. The highest BCUT2D eigenvalue weighted by molar-refractivity contribution is 5.88. The largest absolute Gasteiger partial charge is 0.416 e. The normalized spacial score (nSPS) is 19.4. The summed E-state index contributed by atoms with van der Waals surface area (Å²) in [4.78, 5) is 4.37. The third-order valence-corrected chi connectivity index (χ3v) is 5.32. The summed E-state index contributed by atoms with van der Waals surface area (Å²) in [6.07, 6.45) is -0.837. The molecule has 1 aromatic heterocycles. The summed E-state index contributed by atoms with van der Waals surface area (Å²) in [5.74, 6) is 0.792. The van der Waals surface area contributed by atoms with Gasteiger partial charge >= 0.3 is 6.18 Å². The smallest absolute Gasteiger partial charge is 0.378 e. The highest BCUT2D eigenvalue weighted by Crippen LogP contribution is 2.32. The van der Waals surface area contributed by atoms with Gasteiger partial charge < -0.3 is 4.74 Å². The molecule has 2 nitrogen and oxygen atoms in total. The molecule has 28 heavy (non-hydrogen) atoms. The Hall–Kier alpha value is -2.40. The van der Waals surface area contributed by atoms with Crippen LogP contribution in [0.4, 0.5) is 13.2 Å². The van der Waals surface area contributed by atoms with Crippen molar-refractivity contribution >= 4 is 10.9 Å². The molecule has 0 radical (unpaired) electrons. The van der Waals surface area contributed by atoms with Crippen LogP contribution in [0, 0.1) is 12.8 Å². The van der Waals surface area contributed by atoms with Crippen molar-refractivity contribution in [2.24, 2.45) is 5.92 Å². The molecule has 0 spiro atoms. The van der Waals surface area contributed by atoms with Gasteiger partial charge in [-0.3, -0.25) is 4.98 Å². The first kappa shape index (κ1) is 20.3. The minimum Gasteiger partial charge on any atom is -0.378 e. The van der Waals surface area contributed by atoms with E-state index in [4.69, 9.17) is 4.74 Å². The molecule has 0 bridgehead atoms. The van der Waals surface area contributed by atoms with E-state index in [1.807, 2.05) is 31.2 Å². The molecular formula is C23H24F3NO. The molecule has 5 heteroatoms. The number of aromatic nitrogens is 1. The van der Waals surface area contributed by atoms with Crippen LogP contribution in [0.3, 0.4) is 0 Å². The second kappa shape index (κ2) is 8.31. The minimum absolute atomic E-state index is 0.514. The fraction of sp³-hybridized carbons (Fsp3) is 0.348. The van der Waals surface area contributed by atoms with Gasteiger partial charge in [-0.05, 0) is 55.5 Å². The Morgan fingerprint density at radius 2 is 1.68 bits per heavy atom. The van der Waals surface area contributed by atoms with E-state index in [9.17, 15) is 13.2 Å². The maximum Gasteiger partial charge on any atom is 0.416 e. The molecule has 1 aliphatic rings. The molecule has 2 unspecified atom stereocenters. The Bertz CT molecular complexity index is 927. The second-order valence-electron chi connectivity index (χ2n) is 7.23. The summed E-state index contributed by atoms with van der Waals surface area (Å²) in [5, 5.41) is 1.01. The van der Waals surface area contributed by atoms with Crippen LogP contribution in [0.1, 0.15) is 31.4 Å². The number of ether oxygens (including phenoxy) is 1. The zero-order chi connectivity index (χ0) is 20.3. The number of nitrogens with zero attached hydrogens (tertiary/aromatic N) is 1. The summed E-state index contributed by atoms with van der Waals surface area (Å²) >= 11 is 0. The molecule has 0 amide bonds. The number of alkyl halides is 3. The first-order chi connectivity index (χ1) is 13.3. The van der Waals surface area contributed by atoms with Crippen LogP contribution in [0.25, 0.3) is 22.0 Å². The van der Waals surface area contributed by atoms with Crippen molar-refractivity contribution in [3.8, 4) is 11.1 Å². The molecule has 0 N–H and O–H groups in total. The quantitative estimate of drug-likeness (QED) is 0.466. The number of fused-ring (bicyclic) bond motifs is 1. The van der Waals surface area contributed by atoms with Crippen LogP contribution in [-0.2, 0) is 10.9 Å². The van der Waals surface area contributed by atoms with Crippen LogP contribution in [0.5, 0.6) is 0 Å². The van der Waals surface area contributed by atoms with Crippen molar-refractivity contribution in [3.05, 3.63) is 65.9 Å². The lowest BCUT2D eigenvalue weighted by Crippen LogP contribution is -2.05. The SMILES string of the molecule is CC1CCOC1C.Cc1c(-c2ccc(C(F)(F)F)cc2)cnc2ccccc12. The number of hydrogen-bond acceptors (Lipinski definition) is 2. The fourth-order valence-electron chi connectivity index (χ4n) is 3.25. The Kier molecular flexibility index (Phi) is 6.04. The van der Waals surface area contributed by atoms with Crippen LogP contribution in [0.2, 0.25) is 0 Å². The maximum atomic E-state index is 12.6.